The molecule has 0 unspecified atom stereocenters. The average molecular weight is 381 g/mol. The first-order chi connectivity index (χ1) is 13.7. The summed E-state index contributed by atoms with van der Waals surface area (Å²) in [5, 5.41) is 28.4. The van der Waals surface area contributed by atoms with Crippen molar-refractivity contribution in [1.82, 2.24) is 19.5 Å². The first-order valence-corrected chi connectivity index (χ1v) is 9.70. The molecule has 0 radical (unpaired) electrons. The van der Waals surface area contributed by atoms with Crippen LogP contribution in [-0.2, 0) is 4.79 Å². The Hall–Kier alpha value is -3.00. The van der Waals surface area contributed by atoms with Crippen molar-refractivity contribution in [3.05, 3.63) is 47.9 Å². The summed E-state index contributed by atoms with van der Waals surface area (Å²) in [6.07, 6.45) is 7.36. The monoisotopic (exact) mass is 381 g/mol. The van der Waals surface area contributed by atoms with Crippen molar-refractivity contribution in [3.8, 4) is 5.88 Å². The first-order valence-electron chi connectivity index (χ1n) is 9.70. The van der Waals surface area contributed by atoms with Crippen LogP contribution in [0, 0.1) is 0 Å². The Bertz CT molecular complexity index is 1030. The Labute approximate surface area is 161 Å². The van der Waals surface area contributed by atoms with E-state index in [4.69, 9.17) is 0 Å². The Morgan fingerprint density at radius 3 is 2.96 bits per heavy atom. The van der Waals surface area contributed by atoms with E-state index in [1.165, 1.54) is 0 Å². The number of aromatic nitrogens is 3. The summed E-state index contributed by atoms with van der Waals surface area (Å²) in [6, 6.07) is 7.12. The van der Waals surface area contributed by atoms with Crippen molar-refractivity contribution in [2.24, 2.45) is 0 Å². The molecule has 8 heteroatoms. The molecule has 3 aromatic rings. The zero-order chi connectivity index (χ0) is 19.3. The molecule has 0 bridgehead atoms. The number of aromatic amines is 1. The maximum atomic E-state index is 13.0. The van der Waals surface area contributed by atoms with Crippen LogP contribution in [0.2, 0.25) is 0 Å². The summed E-state index contributed by atoms with van der Waals surface area (Å²) in [4.78, 5) is 17.6. The molecule has 4 heterocycles. The molecular formula is C20H23N5O3. The van der Waals surface area contributed by atoms with Crippen LogP contribution in [-0.4, -0.2) is 54.3 Å². The highest BCUT2D eigenvalue weighted by Crippen LogP contribution is 2.45. The van der Waals surface area contributed by atoms with Crippen LogP contribution in [0.3, 0.4) is 0 Å². The fourth-order valence-corrected chi connectivity index (χ4v) is 4.84. The van der Waals surface area contributed by atoms with Gasteiger partial charge in [0.15, 0.2) is 5.88 Å². The number of aliphatic hydroxyl groups is 1. The molecule has 3 aromatic heterocycles. The third-order valence-corrected chi connectivity index (χ3v) is 6.03. The second kappa shape index (κ2) is 6.56. The van der Waals surface area contributed by atoms with E-state index in [1.54, 1.807) is 21.8 Å². The van der Waals surface area contributed by atoms with E-state index in [0.717, 1.165) is 42.6 Å². The van der Waals surface area contributed by atoms with E-state index in [1.807, 2.05) is 24.3 Å². The van der Waals surface area contributed by atoms with E-state index in [9.17, 15) is 15.0 Å². The zero-order valence-corrected chi connectivity index (χ0v) is 15.4. The van der Waals surface area contributed by atoms with Gasteiger partial charge in [-0.15, -0.1) is 0 Å². The molecule has 1 aliphatic heterocycles. The molecule has 1 amide bonds. The van der Waals surface area contributed by atoms with E-state index < -0.39 is 12.6 Å². The summed E-state index contributed by atoms with van der Waals surface area (Å²) < 4.78 is 1.79. The highest BCUT2D eigenvalue weighted by atomic mass is 16.3. The van der Waals surface area contributed by atoms with Gasteiger partial charge in [-0.1, -0.05) is 18.9 Å². The highest BCUT2D eigenvalue weighted by Gasteiger charge is 2.44. The molecule has 28 heavy (non-hydrogen) atoms. The summed E-state index contributed by atoms with van der Waals surface area (Å²) in [5.74, 6) is -0.327. The summed E-state index contributed by atoms with van der Waals surface area (Å²) >= 11 is 0. The van der Waals surface area contributed by atoms with E-state index in [2.05, 4.69) is 15.4 Å². The van der Waals surface area contributed by atoms with Crippen LogP contribution in [0.15, 0.2) is 36.7 Å². The number of hydrogen-bond donors (Lipinski definition) is 4. The van der Waals surface area contributed by atoms with Gasteiger partial charge in [-0.05, 0) is 31.0 Å². The van der Waals surface area contributed by atoms with Gasteiger partial charge >= 0.3 is 0 Å². The van der Waals surface area contributed by atoms with Crippen molar-refractivity contribution in [2.75, 3.05) is 11.9 Å². The molecule has 5 rings (SSSR count). The van der Waals surface area contributed by atoms with Gasteiger partial charge in [0.1, 0.15) is 12.6 Å². The quantitative estimate of drug-likeness (QED) is 0.543. The highest BCUT2D eigenvalue weighted by molar-refractivity contribution is 5.80. The molecule has 0 saturated heterocycles. The number of H-pyrrole nitrogens is 1. The number of amides is 1. The smallest absolute Gasteiger partial charge is 0.249 e. The normalized spacial score (nSPS) is 24.3. The van der Waals surface area contributed by atoms with E-state index in [-0.39, 0.29) is 23.9 Å². The number of aliphatic hydroxyl groups excluding tert-OH is 1. The number of aromatic hydroxyl groups is 1. The molecule has 1 saturated carbocycles. The molecular weight excluding hydrogens is 358 g/mol. The van der Waals surface area contributed by atoms with Crippen LogP contribution in [0.25, 0.3) is 5.52 Å². The Morgan fingerprint density at radius 1 is 1.25 bits per heavy atom. The topological polar surface area (TPSA) is 106 Å². The minimum Gasteiger partial charge on any atom is -0.494 e. The van der Waals surface area contributed by atoms with Crippen molar-refractivity contribution in [1.29, 1.82) is 0 Å². The number of anilines is 1. The number of carbonyl (C=O) groups is 1. The second-order valence-electron chi connectivity index (χ2n) is 7.55. The number of hydrogen-bond acceptors (Lipinski definition) is 5. The van der Waals surface area contributed by atoms with Crippen LogP contribution < -0.4 is 5.32 Å². The molecule has 146 valence electrons. The number of nitrogens with one attached hydrogen (secondary N) is 2. The Kier molecular flexibility index (Phi) is 4.01. The summed E-state index contributed by atoms with van der Waals surface area (Å²) in [6.45, 7) is -0.574. The number of fused-ring (bicyclic) bond motifs is 3. The van der Waals surface area contributed by atoms with Crippen molar-refractivity contribution in [2.45, 2.75) is 43.8 Å². The van der Waals surface area contributed by atoms with E-state index >= 15 is 0 Å². The van der Waals surface area contributed by atoms with Crippen LogP contribution in [0.1, 0.15) is 43.0 Å². The predicted molar refractivity (Wildman–Crippen MR) is 103 cm³/mol. The second-order valence-corrected chi connectivity index (χ2v) is 7.55. The van der Waals surface area contributed by atoms with Crippen molar-refractivity contribution in [3.63, 3.8) is 0 Å². The van der Waals surface area contributed by atoms with Gasteiger partial charge in [-0.25, -0.2) is 4.52 Å². The van der Waals surface area contributed by atoms with Gasteiger partial charge < -0.3 is 25.4 Å². The predicted octanol–water partition coefficient (Wildman–Crippen LogP) is 2.01. The molecule has 4 N–H and O–H groups in total. The van der Waals surface area contributed by atoms with E-state index in [0.29, 0.717) is 5.56 Å². The minimum atomic E-state index is -0.574. The lowest BCUT2D eigenvalue weighted by Crippen LogP contribution is -2.52. The van der Waals surface area contributed by atoms with Crippen LogP contribution >= 0.6 is 0 Å². The number of pyridine rings is 1. The molecule has 1 fully saturated rings. The largest absolute Gasteiger partial charge is 0.494 e. The minimum absolute atomic E-state index is 0.0195. The van der Waals surface area contributed by atoms with Crippen molar-refractivity contribution >= 4 is 17.1 Å². The number of rotatable bonds is 2. The summed E-state index contributed by atoms with van der Waals surface area (Å²) in [5.41, 5.74) is 3.08. The molecule has 3 atom stereocenters. The molecule has 2 aliphatic rings. The fourth-order valence-electron chi connectivity index (χ4n) is 4.84. The average Bonchev–Trinajstić information content (AvgIpc) is 3.30. The van der Waals surface area contributed by atoms with Gasteiger partial charge in [0.2, 0.25) is 5.91 Å². The van der Waals surface area contributed by atoms with Gasteiger partial charge in [-0.3, -0.25) is 4.79 Å². The third kappa shape index (κ3) is 2.48. The standard InChI is InChI=1S/C20H23N5O3/c26-11-17(27)24-15-6-2-1-5-13(15)23-14-10-21-20(28)18(14)19(24)16-7-3-4-12-8-9-22-25(12)16/h3-4,7-10,13,15,19,21,23,26,28H,1-2,5-6,11H2/t13-,15-,19-/m1/s1. The van der Waals surface area contributed by atoms with Crippen LogP contribution in [0.4, 0.5) is 5.69 Å². The SMILES string of the molecule is O=C(CO)N1[C@H](c2cccc3ccnn23)c2c(c[nH]c2O)N[C@@H]2CCCC[C@H]21. The Morgan fingerprint density at radius 2 is 2.11 bits per heavy atom. The third-order valence-electron chi connectivity index (χ3n) is 6.03. The van der Waals surface area contributed by atoms with Gasteiger partial charge in [-0.2, -0.15) is 5.10 Å². The Balaban J connectivity index is 1.78. The van der Waals surface area contributed by atoms with Gasteiger partial charge in [0, 0.05) is 18.4 Å². The molecule has 8 nitrogen and oxygen atoms in total. The maximum absolute atomic E-state index is 13.0. The lowest BCUT2D eigenvalue weighted by Gasteiger charge is -2.41. The number of nitrogens with zero attached hydrogens (tertiary/aromatic N) is 3. The lowest BCUT2D eigenvalue weighted by molar-refractivity contribution is -0.139. The van der Waals surface area contributed by atoms with Crippen LogP contribution in [0.5, 0.6) is 5.88 Å². The molecule has 0 spiro atoms. The molecule has 0 aromatic carbocycles. The summed E-state index contributed by atoms with van der Waals surface area (Å²) in [7, 11) is 0. The lowest BCUT2D eigenvalue weighted by atomic mass is 9.88. The van der Waals surface area contributed by atoms with Gasteiger partial charge in [0.05, 0.1) is 28.5 Å². The zero-order valence-electron chi connectivity index (χ0n) is 15.4. The number of carbonyl (C=O) groups excluding carboxylic acids is 1. The first kappa shape index (κ1) is 17.1. The van der Waals surface area contributed by atoms with Gasteiger partial charge in [0.25, 0.3) is 0 Å². The maximum Gasteiger partial charge on any atom is 0.249 e. The molecule has 1 aliphatic carbocycles. The fraction of sp³-hybridized carbons (Fsp3) is 0.400. The van der Waals surface area contributed by atoms with Crippen molar-refractivity contribution < 1.29 is 15.0 Å².